The third kappa shape index (κ3) is 4.59. The summed E-state index contributed by atoms with van der Waals surface area (Å²) in [5.74, 6) is -1.51. The molecule has 0 unspecified atom stereocenters. The Morgan fingerprint density at radius 3 is 2.79 bits per heavy atom. The molecule has 2 heterocycles. The van der Waals surface area contributed by atoms with Crippen molar-refractivity contribution in [2.24, 2.45) is 4.99 Å². The summed E-state index contributed by atoms with van der Waals surface area (Å²) in [7, 11) is -1.75. The van der Waals surface area contributed by atoms with Crippen LogP contribution in [0.25, 0.3) is 0 Å². The third-order valence-electron chi connectivity index (χ3n) is 4.14. The number of thioether (sulfide) groups is 1. The molecule has 0 aromatic heterocycles. The summed E-state index contributed by atoms with van der Waals surface area (Å²) >= 11 is 7.30. The number of aliphatic imine (C=N–C) groups is 1. The maximum absolute atomic E-state index is 12.1. The Hall–Kier alpha value is -1.82. The summed E-state index contributed by atoms with van der Waals surface area (Å²) in [6.45, 7) is -1.11. The number of fused-ring (bicyclic) bond motifs is 1. The molecule has 1 aromatic rings. The smallest absolute Gasteiger partial charge is 0.329 e. The average Bonchev–Trinajstić information content (AvgIpc) is 3.05. The van der Waals surface area contributed by atoms with Gasteiger partial charge in [0.2, 0.25) is 0 Å². The van der Waals surface area contributed by atoms with Crippen molar-refractivity contribution < 1.29 is 32.6 Å². The minimum Gasteiger partial charge on any atom is -0.495 e. The number of carboxylic acid groups (broad SMARTS) is 1. The number of aliphatic carboxylic acids is 1. The predicted molar refractivity (Wildman–Crippen MR) is 105 cm³/mol. The molecule has 0 aliphatic carbocycles. The van der Waals surface area contributed by atoms with Crippen LogP contribution in [0.1, 0.15) is 0 Å². The van der Waals surface area contributed by atoms with Crippen molar-refractivity contribution in [2.75, 3.05) is 36.7 Å². The standard InChI is InChI=1S/C16H17ClN2O7S2/c1-25-12-3-2-9(17)4-10(12)19-11-7-28(23,24)8-13(11)27-16(19)18-14(20)5-26-6-15(21)22/h2-4,11,13H,5-8H2,1H3,(H,21,22)/t11-,13-/m0/s1. The van der Waals surface area contributed by atoms with Gasteiger partial charge in [0.1, 0.15) is 19.0 Å². The average molecular weight is 449 g/mol. The quantitative estimate of drug-likeness (QED) is 0.680. The van der Waals surface area contributed by atoms with Gasteiger partial charge in [0.25, 0.3) is 5.91 Å². The largest absolute Gasteiger partial charge is 0.495 e. The van der Waals surface area contributed by atoms with E-state index in [-0.39, 0.29) is 16.8 Å². The van der Waals surface area contributed by atoms with Gasteiger partial charge < -0.3 is 19.5 Å². The number of halogens is 1. The van der Waals surface area contributed by atoms with Crippen molar-refractivity contribution in [1.82, 2.24) is 0 Å². The highest BCUT2D eigenvalue weighted by Gasteiger charge is 2.50. The molecule has 0 spiro atoms. The van der Waals surface area contributed by atoms with Crippen molar-refractivity contribution in [3.63, 3.8) is 0 Å². The fourth-order valence-corrected chi connectivity index (χ4v) is 7.15. The second-order valence-corrected chi connectivity index (χ2v) is 9.96. The fraction of sp³-hybridized carbons (Fsp3) is 0.438. The van der Waals surface area contributed by atoms with E-state index in [1.807, 2.05) is 0 Å². The number of carboxylic acids is 1. The van der Waals surface area contributed by atoms with E-state index in [2.05, 4.69) is 4.99 Å². The lowest BCUT2D eigenvalue weighted by Gasteiger charge is -2.26. The molecule has 2 aliphatic rings. The van der Waals surface area contributed by atoms with E-state index in [1.165, 1.54) is 18.9 Å². The van der Waals surface area contributed by atoms with E-state index in [0.29, 0.717) is 21.6 Å². The molecule has 152 valence electrons. The summed E-state index contributed by atoms with van der Waals surface area (Å²) in [5.41, 5.74) is 0.505. The third-order valence-corrected chi connectivity index (χ3v) is 7.58. The molecule has 12 heteroatoms. The molecule has 1 N–H and O–H groups in total. The van der Waals surface area contributed by atoms with Gasteiger partial charge in [0.05, 0.1) is 30.3 Å². The van der Waals surface area contributed by atoms with Gasteiger partial charge in [-0.3, -0.25) is 4.79 Å². The molecule has 0 saturated carbocycles. The number of nitrogens with zero attached hydrogens (tertiary/aromatic N) is 2. The van der Waals surface area contributed by atoms with Gasteiger partial charge in [-0.25, -0.2) is 13.2 Å². The van der Waals surface area contributed by atoms with Crippen molar-refractivity contribution in [2.45, 2.75) is 11.3 Å². The number of amides is 1. The number of carbonyl (C=O) groups excluding carboxylic acids is 1. The molecule has 2 fully saturated rings. The van der Waals surface area contributed by atoms with E-state index in [9.17, 15) is 18.0 Å². The first-order valence-electron chi connectivity index (χ1n) is 8.11. The van der Waals surface area contributed by atoms with E-state index >= 15 is 0 Å². The van der Waals surface area contributed by atoms with Gasteiger partial charge in [-0.2, -0.15) is 4.99 Å². The van der Waals surface area contributed by atoms with Crippen LogP contribution in [0.4, 0.5) is 5.69 Å². The molecule has 0 bridgehead atoms. The van der Waals surface area contributed by atoms with Crippen LogP contribution in [0.2, 0.25) is 5.02 Å². The van der Waals surface area contributed by atoms with Gasteiger partial charge in [-0.15, -0.1) is 0 Å². The van der Waals surface area contributed by atoms with Crippen molar-refractivity contribution in [3.05, 3.63) is 23.2 Å². The number of hydrogen-bond acceptors (Lipinski definition) is 7. The first-order valence-corrected chi connectivity index (χ1v) is 11.2. The number of methoxy groups -OCH3 is 1. The van der Waals surface area contributed by atoms with Crippen LogP contribution in [0, 0.1) is 0 Å². The van der Waals surface area contributed by atoms with Crippen LogP contribution in [-0.4, -0.2) is 73.7 Å². The van der Waals surface area contributed by atoms with Crippen LogP contribution in [0.5, 0.6) is 5.75 Å². The van der Waals surface area contributed by atoms with Crippen molar-refractivity contribution >= 4 is 55.9 Å². The lowest BCUT2D eigenvalue weighted by molar-refractivity contribution is -0.143. The molecule has 3 rings (SSSR count). The summed E-state index contributed by atoms with van der Waals surface area (Å²) in [6.07, 6.45) is 0. The SMILES string of the molecule is COc1ccc(Cl)cc1N1C(=NC(=O)COCC(=O)O)S[C@H]2CS(=O)(=O)C[C@@H]21. The second kappa shape index (κ2) is 8.27. The van der Waals surface area contributed by atoms with Gasteiger partial charge in [-0.05, 0) is 18.2 Å². The second-order valence-electron chi connectivity index (χ2n) is 6.16. The molecule has 0 radical (unpaired) electrons. The summed E-state index contributed by atoms with van der Waals surface area (Å²) in [6, 6.07) is 4.48. The monoisotopic (exact) mass is 448 g/mol. The highest BCUT2D eigenvalue weighted by molar-refractivity contribution is 8.16. The Kier molecular flexibility index (Phi) is 6.18. The van der Waals surface area contributed by atoms with E-state index in [0.717, 1.165) is 0 Å². The van der Waals surface area contributed by atoms with Crippen LogP contribution in [0.15, 0.2) is 23.2 Å². The Balaban J connectivity index is 1.94. The Labute approximate surface area is 170 Å². The highest BCUT2D eigenvalue weighted by atomic mass is 35.5. The normalized spacial score (nSPS) is 24.4. The first-order chi connectivity index (χ1) is 13.2. The van der Waals surface area contributed by atoms with Crippen LogP contribution >= 0.6 is 23.4 Å². The van der Waals surface area contributed by atoms with Crippen molar-refractivity contribution in [3.8, 4) is 5.75 Å². The zero-order valence-electron chi connectivity index (χ0n) is 14.7. The molecule has 1 amide bonds. The van der Waals surface area contributed by atoms with Gasteiger partial charge in [-0.1, -0.05) is 23.4 Å². The maximum atomic E-state index is 12.1. The Morgan fingerprint density at radius 1 is 1.36 bits per heavy atom. The number of anilines is 1. The zero-order chi connectivity index (χ0) is 20.5. The molecule has 28 heavy (non-hydrogen) atoms. The molecule has 9 nitrogen and oxygen atoms in total. The fourth-order valence-electron chi connectivity index (χ4n) is 3.06. The number of carbonyl (C=O) groups is 2. The minimum absolute atomic E-state index is 0.0234. The van der Waals surface area contributed by atoms with E-state index in [1.54, 1.807) is 23.1 Å². The number of benzene rings is 1. The lowest BCUT2D eigenvalue weighted by Crippen LogP contribution is -2.38. The van der Waals surface area contributed by atoms with Gasteiger partial charge in [0, 0.05) is 10.3 Å². The topological polar surface area (TPSA) is 123 Å². The van der Waals surface area contributed by atoms with Crippen LogP contribution in [-0.2, 0) is 24.2 Å². The summed E-state index contributed by atoms with van der Waals surface area (Å²) < 4.78 is 34.3. The van der Waals surface area contributed by atoms with Crippen molar-refractivity contribution in [1.29, 1.82) is 0 Å². The summed E-state index contributed by atoms with van der Waals surface area (Å²) in [4.78, 5) is 28.3. The summed E-state index contributed by atoms with van der Waals surface area (Å²) in [5, 5.41) is 9.00. The Bertz CT molecular complexity index is 935. The first kappa shape index (κ1) is 20.9. The number of sulfone groups is 1. The molecule has 2 aliphatic heterocycles. The van der Waals surface area contributed by atoms with Crippen LogP contribution in [0.3, 0.4) is 0 Å². The van der Waals surface area contributed by atoms with Gasteiger partial charge >= 0.3 is 5.97 Å². The molecule has 2 atom stereocenters. The maximum Gasteiger partial charge on any atom is 0.329 e. The highest BCUT2D eigenvalue weighted by Crippen LogP contribution is 2.44. The molecule has 2 saturated heterocycles. The van der Waals surface area contributed by atoms with E-state index < -0.39 is 41.0 Å². The number of hydrogen-bond donors (Lipinski definition) is 1. The Morgan fingerprint density at radius 2 is 2.11 bits per heavy atom. The molecular formula is C16H17ClN2O7S2. The van der Waals surface area contributed by atoms with E-state index in [4.69, 9.17) is 26.2 Å². The number of amidine groups is 1. The number of rotatable bonds is 6. The predicted octanol–water partition coefficient (Wildman–Crippen LogP) is 1.05. The van der Waals surface area contributed by atoms with Crippen LogP contribution < -0.4 is 9.64 Å². The zero-order valence-corrected chi connectivity index (χ0v) is 17.1. The molecular weight excluding hydrogens is 432 g/mol. The number of ether oxygens (including phenoxy) is 2. The van der Waals surface area contributed by atoms with Gasteiger partial charge in [0.15, 0.2) is 15.0 Å². The minimum atomic E-state index is -3.22. The lowest BCUT2D eigenvalue weighted by atomic mass is 10.2. The molecule has 1 aromatic carbocycles.